The molecule has 1 aliphatic rings. The number of hydrogen-bond acceptors (Lipinski definition) is 3. The molecule has 0 aliphatic carbocycles. The minimum Gasteiger partial charge on any atom is -0.316 e. The SMILES string of the molecule is Bc1ccc(NOC2CCC(=O)c3cccn32)c(C)c1. The average molecular weight is 268 g/mol. The van der Waals surface area contributed by atoms with Crippen LogP contribution in [0.3, 0.4) is 0 Å². The molecular weight excluding hydrogens is 251 g/mol. The molecule has 1 unspecified atom stereocenters. The summed E-state index contributed by atoms with van der Waals surface area (Å²) in [5, 5.41) is 0. The van der Waals surface area contributed by atoms with E-state index < -0.39 is 0 Å². The summed E-state index contributed by atoms with van der Waals surface area (Å²) in [6.45, 7) is 2.05. The summed E-state index contributed by atoms with van der Waals surface area (Å²) in [6, 6.07) is 9.89. The summed E-state index contributed by atoms with van der Waals surface area (Å²) in [6.07, 6.45) is 2.97. The predicted molar refractivity (Wildman–Crippen MR) is 81.1 cm³/mol. The van der Waals surface area contributed by atoms with Gasteiger partial charge in [-0.15, -0.1) is 0 Å². The Morgan fingerprint density at radius 2 is 2.25 bits per heavy atom. The van der Waals surface area contributed by atoms with E-state index in [0.29, 0.717) is 12.8 Å². The summed E-state index contributed by atoms with van der Waals surface area (Å²) in [7, 11) is 2.07. The third-order valence-corrected chi connectivity index (χ3v) is 3.68. The summed E-state index contributed by atoms with van der Waals surface area (Å²) in [5.74, 6) is 0.182. The molecule has 1 atom stereocenters. The molecule has 0 amide bonds. The highest BCUT2D eigenvalue weighted by Crippen LogP contribution is 2.26. The maximum Gasteiger partial charge on any atom is 0.179 e. The Kier molecular flexibility index (Phi) is 3.36. The molecule has 20 heavy (non-hydrogen) atoms. The smallest absolute Gasteiger partial charge is 0.179 e. The van der Waals surface area contributed by atoms with Gasteiger partial charge in [0.05, 0.1) is 11.4 Å². The molecule has 0 saturated carbocycles. The predicted octanol–water partition coefficient (Wildman–Crippen LogP) is 1.57. The summed E-state index contributed by atoms with van der Waals surface area (Å²) in [5.41, 5.74) is 7.08. The van der Waals surface area contributed by atoms with Crippen molar-refractivity contribution in [1.82, 2.24) is 4.57 Å². The zero-order valence-corrected chi connectivity index (χ0v) is 11.7. The molecule has 1 N–H and O–H groups in total. The van der Waals surface area contributed by atoms with Crippen molar-refractivity contribution in [2.75, 3.05) is 5.48 Å². The molecule has 2 heterocycles. The number of aromatic nitrogens is 1. The molecule has 1 aromatic heterocycles. The fraction of sp³-hybridized carbons (Fsp3) is 0.267. The van der Waals surface area contributed by atoms with Gasteiger partial charge in [0.15, 0.2) is 12.0 Å². The van der Waals surface area contributed by atoms with Crippen LogP contribution in [0.5, 0.6) is 0 Å². The van der Waals surface area contributed by atoms with E-state index >= 15 is 0 Å². The molecule has 0 spiro atoms. The quantitative estimate of drug-likeness (QED) is 0.678. The van der Waals surface area contributed by atoms with Crippen LogP contribution in [-0.4, -0.2) is 18.2 Å². The molecule has 0 fully saturated rings. The van der Waals surface area contributed by atoms with Crippen LogP contribution in [0.15, 0.2) is 36.5 Å². The van der Waals surface area contributed by atoms with Crippen LogP contribution in [0.4, 0.5) is 5.69 Å². The minimum atomic E-state index is -0.140. The van der Waals surface area contributed by atoms with Crippen molar-refractivity contribution in [3.05, 3.63) is 47.8 Å². The topological polar surface area (TPSA) is 43.3 Å². The molecular formula is C15H17BN2O2. The van der Waals surface area contributed by atoms with Gasteiger partial charge in [-0.05, 0) is 30.7 Å². The third-order valence-electron chi connectivity index (χ3n) is 3.68. The van der Waals surface area contributed by atoms with Gasteiger partial charge >= 0.3 is 0 Å². The van der Waals surface area contributed by atoms with Crippen LogP contribution in [-0.2, 0) is 4.84 Å². The van der Waals surface area contributed by atoms with Crippen LogP contribution in [0.1, 0.15) is 35.1 Å². The zero-order chi connectivity index (χ0) is 14.1. The first-order valence-electron chi connectivity index (χ1n) is 6.84. The first-order valence-corrected chi connectivity index (χ1v) is 6.84. The maximum absolute atomic E-state index is 11.8. The number of nitrogens with zero attached hydrogens (tertiary/aromatic N) is 1. The molecule has 3 rings (SSSR count). The summed E-state index contributed by atoms with van der Waals surface area (Å²) >= 11 is 0. The van der Waals surface area contributed by atoms with Gasteiger partial charge in [-0.3, -0.25) is 15.1 Å². The monoisotopic (exact) mass is 268 g/mol. The van der Waals surface area contributed by atoms with Crippen LogP contribution in [0.25, 0.3) is 0 Å². The van der Waals surface area contributed by atoms with Gasteiger partial charge in [-0.1, -0.05) is 17.6 Å². The van der Waals surface area contributed by atoms with Crippen LogP contribution in [0, 0.1) is 6.92 Å². The molecule has 4 nitrogen and oxygen atoms in total. The molecule has 102 valence electrons. The molecule has 1 aromatic carbocycles. The van der Waals surface area contributed by atoms with Gasteiger partial charge in [0.1, 0.15) is 7.85 Å². The average Bonchev–Trinajstić information content (AvgIpc) is 2.90. The molecule has 2 aromatic rings. The number of anilines is 1. The van der Waals surface area contributed by atoms with Gasteiger partial charge in [0, 0.05) is 19.0 Å². The van der Waals surface area contributed by atoms with Crippen molar-refractivity contribution < 1.29 is 9.63 Å². The molecule has 0 saturated heterocycles. The fourth-order valence-electron chi connectivity index (χ4n) is 2.58. The van der Waals surface area contributed by atoms with E-state index in [-0.39, 0.29) is 12.0 Å². The van der Waals surface area contributed by atoms with Gasteiger partial charge in [0.2, 0.25) is 0 Å². The number of aryl methyl sites for hydroxylation is 1. The molecule has 1 aliphatic heterocycles. The number of rotatable bonds is 3. The van der Waals surface area contributed by atoms with Crippen LogP contribution < -0.4 is 10.9 Å². The first-order chi connectivity index (χ1) is 9.65. The van der Waals surface area contributed by atoms with Crippen LogP contribution in [0.2, 0.25) is 0 Å². The van der Waals surface area contributed by atoms with E-state index in [2.05, 4.69) is 19.4 Å². The second kappa shape index (κ2) is 5.17. The number of carbonyl (C=O) groups excluding carboxylic acids is 1. The Balaban J connectivity index is 1.74. The Morgan fingerprint density at radius 3 is 3.05 bits per heavy atom. The van der Waals surface area contributed by atoms with E-state index in [0.717, 1.165) is 16.9 Å². The van der Waals surface area contributed by atoms with Crippen molar-refractivity contribution in [2.45, 2.75) is 26.0 Å². The number of Topliss-reactive ketones (excluding diaryl/α,β-unsaturated/α-hetero) is 1. The lowest BCUT2D eigenvalue weighted by atomic mass is 9.94. The van der Waals surface area contributed by atoms with Crippen molar-refractivity contribution in [1.29, 1.82) is 0 Å². The lowest BCUT2D eigenvalue weighted by molar-refractivity contribution is 0.0233. The lowest BCUT2D eigenvalue weighted by Crippen LogP contribution is -2.25. The Bertz CT molecular complexity index is 651. The van der Waals surface area contributed by atoms with Gasteiger partial charge in [-0.25, -0.2) is 0 Å². The Hall–Kier alpha value is -2.01. The van der Waals surface area contributed by atoms with E-state index in [9.17, 15) is 4.79 Å². The normalized spacial score (nSPS) is 17.9. The number of ketones is 1. The molecule has 0 bridgehead atoms. The second-order valence-electron chi connectivity index (χ2n) is 5.26. The van der Waals surface area contributed by atoms with E-state index in [1.54, 1.807) is 0 Å². The first kappa shape index (κ1) is 13.0. The largest absolute Gasteiger partial charge is 0.316 e. The Labute approximate surface area is 119 Å². The van der Waals surface area contributed by atoms with Crippen molar-refractivity contribution >= 4 is 24.8 Å². The number of carbonyl (C=O) groups is 1. The van der Waals surface area contributed by atoms with Crippen molar-refractivity contribution in [3.8, 4) is 0 Å². The molecule has 0 radical (unpaired) electrons. The number of fused-ring (bicyclic) bond motifs is 1. The number of benzene rings is 1. The van der Waals surface area contributed by atoms with E-state index in [1.807, 2.05) is 42.0 Å². The van der Waals surface area contributed by atoms with Gasteiger partial charge < -0.3 is 4.57 Å². The van der Waals surface area contributed by atoms with Crippen LogP contribution >= 0.6 is 0 Å². The standard InChI is InChI=1S/C15H17BN2O2/c1-10-9-11(16)4-5-12(10)17-20-15-7-6-14(19)13-3-2-8-18(13)15/h2-5,8-9,15,17H,6-7,16H2,1H3. The van der Waals surface area contributed by atoms with E-state index in [1.165, 1.54) is 5.46 Å². The molecule has 5 heteroatoms. The van der Waals surface area contributed by atoms with Gasteiger partial charge in [0.25, 0.3) is 0 Å². The van der Waals surface area contributed by atoms with Crippen molar-refractivity contribution in [3.63, 3.8) is 0 Å². The highest BCUT2D eigenvalue weighted by molar-refractivity contribution is 6.32. The second-order valence-corrected chi connectivity index (χ2v) is 5.26. The van der Waals surface area contributed by atoms with E-state index in [4.69, 9.17) is 4.84 Å². The third kappa shape index (κ3) is 2.37. The maximum atomic E-state index is 11.8. The summed E-state index contributed by atoms with van der Waals surface area (Å²) < 4.78 is 1.89. The fourth-order valence-corrected chi connectivity index (χ4v) is 2.58. The highest BCUT2D eigenvalue weighted by Gasteiger charge is 2.25. The van der Waals surface area contributed by atoms with Gasteiger partial charge in [-0.2, -0.15) is 0 Å². The van der Waals surface area contributed by atoms with Crippen molar-refractivity contribution in [2.24, 2.45) is 0 Å². The Morgan fingerprint density at radius 1 is 1.40 bits per heavy atom. The summed E-state index contributed by atoms with van der Waals surface area (Å²) in [4.78, 5) is 17.5. The highest BCUT2D eigenvalue weighted by atomic mass is 16.7. The zero-order valence-electron chi connectivity index (χ0n) is 11.7. The number of nitrogens with one attached hydrogen (secondary N) is 1. The minimum absolute atomic E-state index is 0.140. The lowest BCUT2D eigenvalue weighted by Gasteiger charge is -2.25. The number of hydrogen-bond donors (Lipinski definition) is 1.